The Hall–Kier alpha value is -1.40. The van der Waals surface area contributed by atoms with Gasteiger partial charge in [0.1, 0.15) is 12.6 Å². The van der Waals surface area contributed by atoms with Crippen LogP contribution in [0.2, 0.25) is 0 Å². The monoisotopic (exact) mass is 382 g/mol. The lowest BCUT2D eigenvalue weighted by atomic mass is 10.0. The van der Waals surface area contributed by atoms with Crippen LogP contribution in [0.4, 0.5) is 0 Å². The SMILES string of the molecule is CC=C[C@@H]1C[C@H](C(=O)OCC(C)C)N(CC(CCC)CNC(=O)COC)C1. The molecule has 1 saturated heterocycles. The van der Waals surface area contributed by atoms with E-state index in [1.807, 2.05) is 20.8 Å². The predicted octanol–water partition coefficient (Wildman–Crippen LogP) is 2.63. The Morgan fingerprint density at radius 1 is 1.33 bits per heavy atom. The van der Waals surface area contributed by atoms with E-state index in [9.17, 15) is 9.59 Å². The van der Waals surface area contributed by atoms with Gasteiger partial charge < -0.3 is 14.8 Å². The number of amides is 1. The molecule has 0 aromatic carbocycles. The van der Waals surface area contributed by atoms with E-state index in [4.69, 9.17) is 9.47 Å². The molecule has 3 atom stereocenters. The second-order valence-corrected chi connectivity index (χ2v) is 7.91. The fraction of sp³-hybridized carbons (Fsp3) is 0.810. The molecule has 0 aromatic heterocycles. The van der Waals surface area contributed by atoms with E-state index in [0.717, 1.165) is 32.4 Å². The number of hydrogen-bond acceptors (Lipinski definition) is 5. The zero-order valence-electron chi connectivity index (χ0n) is 17.7. The van der Waals surface area contributed by atoms with E-state index in [1.54, 1.807) is 0 Å². The largest absolute Gasteiger partial charge is 0.464 e. The van der Waals surface area contributed by atoms with E-state index < -0.39 is 0 Å². The van der Waals surface area contributed by atoms with Gasteiger partial charge in [0.2, 0.25) is 5.91 Å². The van der Waals surface area contributed by atoms with Crippen molar-refractivity contribution in [3.05, 3.63) is 12.2 Å². The molecule has 0 radical (unpaired) electrons. The maximum Gasteiger partial charge on any atom is 0.323 e. The minimum Gasteiger partial charge on any atom is -0.464 e. The maximum atomic E-state index is 12.6. The van der Waals surface area contributed by atoms with E-state index >= 15 is 0 Å². The van der Waals surface area contributed by atoms with Crippen LogP contribution in [0, 0.1) is 17.8 Å². The molecule has 156 valence electrons. The number of nitrogens with one attached hydrogen (secondary N) is 1. The first-order chi connectivity index (χ1) is 12.9. The van der Waals surface area contributed by atoms with Gasteiger partial charge in [0.25, 0.3) is 0 Å². The Labute approximate surface area is 164 Å². The first kappa shape index (κ1) is 23.6. The number of nitrogens with zero attached hydrogens (tertiary/aromatic N) is 1. The first-order valence-electron chi connectivity index (χ1n) is 10.2. The number of carbonyl (C=O) groups excluding carboxylic acids is 2. The lowest BCUT2D eigenvalue weighted by Gasteiger charge is -2.28. The fourth-order valence-corrected chi connectivity index (χ4v) is 3.58. The lowest BCUT2D eigenvalue weighted by molar-refractivity contribution is -0.150. The van der Waals surface area contributed by atoms with Gasteiger partial charge in [-0.1, -0.05) is 39.3 Å². The van der Waals surface area contributed by atoms with Crippen molar-refractivity contribution in [1.29, 1.82) is 0 Å². The van der Waals surface area contributed by atoms with Gasteiger partial charge in [-0.25, -0.2) is 0 Å². The summed E-state index contributed by atoms with van der Waals surface area (Å²) >= 11 is 0. The van der Waals surface area contributed by atoms with E-state index in [-0.39, 0.29) is 24.5 Å². The van der Waals surface area contributed by atoms with Gasteiger partial charge in [-0.3, -0.25) is 14.5 Å². The predicted molar refractivity (Wildman–Crippen MR) is 107 cm³/mol. The zero-order valence-corrected chi connectivity index (χ0v) is 17.7. The molecule has 6 heteroatoms. The van der Waals surface area contributed by atoms with Crippen molar-refractivity contribution < 1.29 is 19.1 Å². The highest BCUT2D eigenvalue weighted by Gasteiger charge is 2.37. The van der Waals surface area contributed by atoms with Gasteiger partial charge in [0, 0.05) is 26.7 Å². The smallest absolute Gasteiger partial charge is 0.323 e. The average Bonchev–Trinajstić information content (AvgIpc) is 3.01. The molecule has 1 heterocycles. The molecule has 1 fully saturated rings. The summed E-state index contributed by atoms with van der Waals surface area (Å²) in [7, 11) is 1.52. The van der Waals surface area contributed by atoms with Crippen LogP contribution in [-0.2, 0) is 19.1 Å². The Morgan fingerprint density at radius 3 is 2.67 bits per heavy atom. The summed E-state index contributed by atoms with van der Waals surface area (Å²) in [6, 6.07) is -0.195. The summed E-state index contributed by atoms with van der Waals surface area (Å²) < 4.78 is 10.4. The molecule has 0 bridgehead atoms. The molecular formula is C21H38N2O4. The van der Waals surface area contributed by atoms with Crippen LogP contribution in [0.15, 0.2) is 12.2 Å². The summed E-state index contributed by atoms with van der Waals surface area (Å²) in [6.07, 6.45) is 7.08. The van der Waals surface area contributed by atoms with Crippen LogP contribution in [-0.4, -0.2) is 62.8 Å². The van der Waals surface area contributed by atoms with Crippen molar-refractivity contribution in [1.82, 2.24) is 10.2 Å². The maximum absolute atomic E-state index is 12.6. The van der Waals surface area contributed by atoms with Gasteiger partial charge in [-0.2, -0.15) is 0 Å². The second-order valence-electron chi connectivity index (χ2n) is 7.91. The summed E-state index contributed by atoms with van der Waals surface area (Å²) in [5.74, 6) is 0.797. The number of methoxy groups -OCH3 is 1. The van der Waals surface area contributed by atoms with Gasteiger partial charge >= 0.3 is 5.97 Å². The average molecular weight is 383 g/mol. The molecule has 1 rings (SSSR count). The number of carbonyl (C=O) groups is 2. The Bertz CT molecular complexity index is 479. The number of likely N-dealkylation sites (tertiary alicyclic amines) is 1. The highest BCUT2D eigenvalue weighted by molar-refractivity contribution is 5.77. The number of allylic oxidation sites excluding steroid dienone is 1. The van der Waals surface area contributed by atoms with Crippen LogP contribution in [0.5, 0.6) is 0 Å². The van der Waals surface area contributed by atoms with Crippen LogP contribution >= 0.6 is 0 Å². The summed E-state index contributed by atoms with van der Waals surface area (Å²) in [4.78, 5) is 26.6. The minimum atomic E-state index is -0.195. The van der Waals surface area contributed by atoms with E-state index in [0.29, 0.717) is 30.9 Å². The standard InChI is InChI=1S/C21H38N2O4/c1-6-8-17-10-19(21(25)27-14-16(3)4)23(12-17)13-18(9-7-2)11-22-20(24)15-26-5/h6,8,16-19H,7,9-15H2,1-5H3,(H,22,24)/t17-,18?,19-/m1/s1. The van der Waals surface area contributed by atoms with Gasteiger partial charge in [-0.15, -0.1) is 0 Å². The molecule has 1 aliphatic rings. The van der Waals surface area contributed by atoms with Crippen LogP contribution in [0.3, 0.4) is 0 Å². The van der Waals surface area contributed by atoms with Crippen molar-refractivity contribution in [2.75, 3.05) is 40.0 Å². The van der Waals surface area contributed by atoms with Crippen molar-refractivity contribution >= 4 is 11.9 Å². The van der Waals surface area contributed by atoms with Gasteiger partial charge in [0.15, 0.2) is 0 Å². The van der Waals surface area contributed by atoms with E-state index in [2.05, 4.69) is 29.3 Å². The molecule has 0 spiro atoms. The highest BCUT2D eigenvalue weighted by atomic mass is 16.5. The van der Waals surface area contributed by atoms with Gasteiger partial charge in [0.05, 0.1) is 6.61 Å². The van der Waals surface area contributed by atoms with Crippen LogP contribution < -0.4 is 5.32 Å². The first-order valence-corrected chi connectivity index (χ1v) is 10.2. The molecule has 0 aromatic rings. The number of ether oxygens (including phenoxy) is 2. The molecule has 0 saturated carbocycles. The second kappa shape index (κ2) is 12.9. The Morgan fingerprint density at radius 2 is 2.07 bits per heavy atom. The quantitative estimate of drug-likeness (QED) is 0.415. The normalized spacial score (nSPS) is 21.7. The summed E-state index contributed by atoms with van der Waals surface area (Å²) in [5, 5.41) is 2.94. The molecule has 1 N–H and O–H groups in total. The highest BCUT2D eigenvalue weighted by Crippen LogP contribution is 2.27. The van der Waals surface area contributed by atoms with Gasteiger partial charge in [-0.05, 0) is 37.5 Å². The minimum absolute atomic E-state index is 0.0794. The fourth-order valence-electron chi connectivity index (χ4n) is 3.58. The topological polar surface area (TPSA) is 67.9 Å². The molecule has 27 heavy (non-hydrogen) atoms. The Balaban J connectivity index is 2.72. The number of rotatable bonds is 12. The van der Waals surface area contributed by atoms with E-state index in [1.165, 1.54) is 7.11 Å². The lowest BCUT2D eigenvalue weighted by Crippen LogP contribution is -2.43. The van der Waals surface area contributed by atoms with Crippen molar-refractivity contribution in [2.24, 2.45) is 17.8 Å². The molecule has 0 aliphatic carbocycles. The molecule has 6 nitrogen and oxygen atoms in total. The third-order valence-electron chi connectivity index (χ3n) is 4.78. The third kappa shape index (κ3) is 8.89. The molecular weight excluding hydrogens is 344 g/mol. The van der Waals surface area contributed by atoms with Crippen LogP contribution in [0.1, 0.15) is 47.0 Å². The Kier molecular flexibility index (Phi) is 11.3. The van der Waals surface area contributed by atoms with Crippen molar-refractivity contribution in [3.63, 3.8) is 0 Å². The summed E-state index contributed by atoms with van der Waals surface area (Å²) in [5.41, 5.74) is 0. The summed E-state index contributed by atoms with van der Waals surface area (Å²) in [6.45, 7) is 11.0. The molecule has 1 aliphatic heterocycles. The molecule has 1 unspecified atom stereocenters. The third-order valence-corrected chi connectivity index (χ3v) is 4.78. The zero-order chi connectivity index (χ0) is 20.2. The number of esters is 1. The van der Waals surface area contributed by atoms with Crippen LogP contribution in [0.25, 0.3) is 0 Å². The van der Waals surface area contributed by atoms with Crippen molar-refractivity contribution in [3.8, 4) is 0 Å². The van der Waals surface area contributed by atoms with Crippen molar-refractivity contribution in [2.45, 2.75) is 53.0 Å². The number of hydrogen-bond donors (Lipinski definition) is 1. The molecule has 1 amide bonds.